The maximum atomic E-state index is 13.5. The predicted octanol–water partition coefficient (Wildman–Crippen LogP) is -3.17. The van der Waals surface area contributed by atoms with Crippen LogP contribution >= 0.6 is 25.3 Å². The molecule has 314 valence electrons. The van der Waals surface area contributed by atoms with E-state index in [4.69, 9.17) is 5.73 Å². The van der Waals surface area contributed by atoms with Crippen LogP contribution in [0.3, 0.4) is 0 Å². The first kappa shape index (κ1) is 49.1. The number of nitrogens with one attached hydrogen (secondary N) is 8. The Bertz CT molecular complexity index is 1550. The molecular weight excluding hydrogens is 777 g/mol. The third kappa shape index (κ3) is 16.1. The molecular formula is C33H54N10O11S2. The van der Waals surface area contributed by atoms with Gasteiger partial charge in [0.1, 0.15) is 42.3 Å². The van der Waals surface area contributed by atoms with Crippen LogP contribution < -0.4 is 43.0 Å². The molecule has 0 spiro atoms. The number of hydrogen-bond acceptors (Lipinski definition) is 13. The second-order valence-electron chi connectivity index (χ2n) is 13.4. The second-order valence-corrected chi connectivity index (χ2v) is 14.2. The number of rotatable bonds is 24. The van der Waals surface area contributed by atoms with Crippen LogP contribution in [0.4, 0.5) is 0 Å². The van der Waals surface area contributed by atoms with E-state index < -0.39 is 120 Å². The Morgan fingerprint density at radius 3 is 1.66 bits per heavy atom. The van der Waals surface area contributed by atoms with Crippen molar-refractivity contribution in [3.05, 3.63) is 18.2 Å². The van der Waals surface area contributed by atoms with Crippen LogP contribution in [-0.2, 0) is 49.6 Å². The first-order valence-electron chi connectivity index (χ1n) is 17.7. The number of hydrogen-bond donors (Lipinski definition) is 13. The Morgan fingerprint density at radius 1 is 0.679 bits per heavy atom. The molecule has 1 heterocycles. The zero-order valence-corrected chi connectivity index (χ0v) is 33.7. The quantitative estimate of drug-likeness (QED) is 0.0458. The number of carbonyl (C=O) groups is 9. The van der Waals surface area contributed by atoms with E-state index in [1.54, 1.807) is 27.7 Å². The number of nitrogens with two attached hydrogens (primary N) is 1. The summed E-state index contributed by atoms with van der Waals surface area (Å²) in [6.45, 7) is 9.12. The third-order valence-electron chi connectivity index (χ3n) is 8.50. The van der Waals surface area contributed by atoms with Gasteiger partial charge in [-0.1, -0.05) is 34.1 Å². The summed E-state index contributed by atoms with van der Waals surface area (Å²) < 4.78 is 0. The van der Waals surface area contributed by atoms with Gasteiger partial charge in [0.15, 0.2) is 0 Å². The molecule has 21 nitrogen and oxygen atoms in total. The molecule has 0 aromatic carbocycles. The second kappa shape index (κ2) is 23.9. The lowest BCUT2D eigenvalue weighted by Gasteiger charge is -2.29. The molecule has 56 heavy (non-hydrogen) atoms. The number of imidazole rings is 1. The number of amides is 7. The molecule has 0 saturated carbocycles. The molecule has 0 aliphatic rings. The van der Waals surface area contributed by atoms with Gasteiger partial charge in [0.2, 0.25) is 41.4 Å². The van der Waals surface area contributed by atoms with Crippen LogP contribution in [0.1, 0.15) is 60.1 Å². The minimum absolute atomic E-state index is 0.0244. The van der Waals surface area contributed by atoms with Crippen molar-refractivity contribution in [2.45, 2.75) is 109 Å². The molecule has 0 aliphatic carbocycles. The zero-order chi connectivity index (χ0) is 42.9. The zero-order valence-electron chi connectivity index (χ0n) is 32.0. The molecule has 7 amide bonds. The fourth-order valence-electron chi connectivity index (χ4n) is 4.83. The van der Waals surface area contributed by atoms with E-state index >= 15 is 0 Å². The summed E-state index contributed by atoms with van der Waals surface area (Å²) in [7, 11) is 0. The smallest absolute Gasteiger partial charge is 0.327 e. The predicted molar refractivity (Wildman–Crippen MR) is 207 cm³/mol. The monoisotopic (exact) mass is 830 g/mol. The average molecular weight is 831 g/mol. The van der Waals surface area contributed by atoms with Gasteiger partial charge in [-0.3, -0.25) is 38.4 Å². The summed E-state index contributed by atoms with van der Waals surface area (Å²) in [5.74, 6) is -10.2. The number of carboxylic acids is 2. The maximum absolute atomic E-state index is 13.5. The Balaban J connectivity index is 3.14. The number of aliphatic carboxylic acids is 2. The molecule has 0 aliphatic heterocycles. The lowest BCUT2D eigenvalue weighted by Crippen LogP contribution is -2.61. The average Bonchev–Trinajstić information content (AvgIpc) is 3.65. The topological polar surface area (TPSA) is 333 Å². The minimum atomic E-state index is -1.73. The highest BCUT2D eigenvalue weighted by Gasteiger charge is 2.36. The Hall–Kier alpha value is -4.90. The summed E-state index contributed by atoms with van der Waals surface area (Å²) in [6, 6.07) is -10.4. The Kier molecular flexibility index (Phi) is 21.0. The standard InChI is InChI=1S/C33H54N10O11S2/c1-7-15(4)25(32(52)41-22(12-56)33(53)54)43-30(50)21(9-23(44)45)40-31(51)24(14(2)3)42-27(47)17(6)38-29(49)20(8-18-10-35-13-36-18)39-26(46)16(5)37-28(48)19(34)11-55/h10,13-17,19-22,24-25,55-56H,7-9,11-12,34H2,1-6H3,(H,35,36)(H,37,48)(H,38,49)(H,39,46)(H,40,51)(H,41,52)(H,42,47)(H,43,50)(H,44,45)(H,53,54). The van der Waals surface area contributed by atoms with Gasteiger partial charge in [-0.25, -0.2) is 9.78 Å². The van der Waals surface area contributed by atoms with Crippen LogP contribution in [0.25, 0.3) is 0 Å². The largest absolute Gasteiger partial charge is 0.481 e. The van der Waals surface area contributed by atoms with E-state index in [0.717, 1.165) is 0 Å². The van der Waals surface area contributed by atoms with Crippen molar-refractivity contribution in [1.29, 1.82) is 0 Å². The van der Waals surface area contributed by atoms with Crippen molar-refractivity contribution in [3.63, 3.8) is 0 Å². The number of thiol groups is 2. The van der Waals surface area contributed by atoms with Crippen LogP contribution in [0, 0.1) is 11.8 Å². The lowest BCUT2D eigenvalue weighted by atomic mass is 9.97. The van der Waals surface area contributed by atoms with Gasteiger partial charge in [-0.2, -0.15) is 25.3 Å². The molecule has 1 rings (SSSR count). The van der Waals surface area contributed by atoms with Crippen LogP contribution in [0.15, 0.2) is 12.5 Å². The summed E-state index contributed by atoms with van der Waals surface area (Å²) in [5.41, 5.74) is 6.10. The van der Waals surface area contributed by atoms with Crippen molar-refractivity contribution in [2.24, 2.45) is 17.6 Å². The normalized spacial score (nSPS) is 15.9. The van der Waals surface area contributed by atoms with Crippen LogP contribution in [0.5, 0.6) is 0 Å². The summed E-state index contributed by atoms with van der Waals surface area (Å²) in [6.07, 6.45) is 2.11. The van der Waals surface area contributed by atoms with Crippen molar-refractivity contribution in [1.82, 2.24) is 47.2 Å². The fraction of sp³-hybridized carbons (Fsp3) is 0.636. The molecule has 0 fully saturated rings. The number of aromatic amines is 1. The minimum Gasteiger partial charge on any atom is -0.481 e. The highest BCUT2D eigenvalue weighted by molar-refractivity contribution is 7.80. The van der Waals surface area contributed by atoms with E-state index in [1.165, 1.54) is 26.4 Å². The van der Waals surface area contributed by atoms with Crippen molar-refractivity contribution in [3.8, 4) is 0 Å². The molecule has 23 heteroatoms. The van der Waals surface area contributed by atoms with Gasteiger partial charge in [-0.05, 0) is 25.7 Å². The highest BCUT2D eigenvalue weighted by Crippen LogP contribution is 2.11. The highest BCUT2D eigenvalue weighted by atomic mass is 32.1. The van der Waals surface area contributed by atoms with Crippen LogP contribution in [-0.4, -0.2) is 133 Å². The number of carboxylic acid groups (broad SMARTS) is 2. The van der Waals surface area contributed by atoms with Gasteiger partial charge in [0, 0.05) is 29.8 Å². The van der Waals surface area contributed by atoms with Gasteiger partial charge in [0.05, 0.1) is 18.8 Å². The van der Waals surface area contributed by atoms with E-state index in [-0.39, 0.29) is 17.9 Å². The molecule has 0 radical (unpaired) electrons. The lowest BCUT2D eigenvalue weighted by molar-refractivity contribution is -0.143. The van der Waals surface area contributed by atoms with Crippen molar-refractivity contribution in [2.75, 3.05) is 11.5 Å². The number of carbonyl (C=O) groups excluding carboxylic acids is 7. The maximum Gasteiger partial charge on any atom is 0.327 e. The van der Waals surface area contributed by atoms with Gasteiger partial charge in [-0.15, -0.1) is 0 Å². The number of aromatic nitrogens is 2. The molecule has 1 aromatic rings. The molecule has 1 aromatic heterocycles. The number of H-pyrrole nitrogens is 1. The molecule has 0 saturated heterocycles. The Morgan fingerprint density at radius 2 is 1.18 bits per heavy atom. The molecule has 9 unspecified atom stereocenters. The van der Waals surface area contributed by atoms with E-state index in [0.29, 0.717) is 12.1 Å². The summed E-state index contributed by atoms with van der Waals surface area (Å²) >= 11 is 7.88. The molecule has 0 bridgehead atoms. The first-order chi connectivity index (χ1) is 26.2. The van der Waals surface area contributed by atoms with E-state index in [1.807, 2.05) is 0 Å². The molecule has 12 N–H and O–H groups in total. The van der Waals surface area contributed by atoms with Gasteiger partial charge in [0.25, 0.3) is 0 Å². The third-order valence-corrected chi connectivity index (χ3v) is 9.26. The van der Waals surface area contributed by atoms with Gasteiger partial charge >= 0.3 is 11.9 Å². The number of nitrogens with zero attached hydrogens (tertiary/aromatic N) is 1. The van der Waals surface area contributed by atoms with E-state index in [9.17, 15) is 53.4 Å². The summed E-state index contributed by atoms with van der Waals surface area (Å²) in [4.78, 5) is 122. The SMILES string of the molecule is CCC(C)C(NC(=O)C(CC(=O)O)NC(=O)C(NC(=O)C(C)NC(=O)C(Cc1cnc[nH]1)NC(=O)C(C)NC(=O)C(N)CS)C(C)C)C(=O)NC(CS)C(=O)O. The summed E-state index contributed by atoms with van der Waals surface area (Å²) in [5, 5.41) is 35.8. The van der Waals surface area contributed by atoms with Crippen molar-refractivity contribution < 1.29 is 53.4 Å². The van der Waals surface area contributed by atoms with Crippen LogP contribution in [0.2, 0.25) is 0 Å². The Labute approximate surface area is 334 Å². The van der Waals surface area contributed by atoms with Gasteiger partial charge < -0.3 is 58.1 Å². The molecule has 9 atom stereocenters. The van der Waals surface area contributed by atoms with Crippen molar-refractivity contribution >= 4 is 78.5 Å². The van der Waals surface area contributed by atoms with E-state index in [2.05, 4.69) is 72.4 Å². The fourth-order valence-corrected chi connectivity index (χ4v) is 5.25. The first-order valence-corrected chi connectivity index (χ1v) is 18.9.